The van der Waals surface area contributed by atoms with Crippen molar-refractivity contribution in [3.8, 4) is 0 Å². The number of aryl methyl sites for hydroxylation is 1. The van der Waals surface area contributed by atoms with Crippen molar-refractivity contribution in [1.82, 2.24) is 9.97 Å². The van der Waals surface area contributed by atoms with Crippen LogP contribution in [0.1, 0.15) is 19.0 Å². The van der Waals surface area contributed by atoms with Crippen LogP contribution in [0.4, 0.5) is 5.69 Å². The van der Waals surface area contributed by atoms with Crippen molar-refractivity contribution in [1.29, 1.82) is 0 Å². The van der Waals surface area contributed by atoms with Gasteiger partial charge in [0, 0.05) is 16.7 Å². The predicted octanol–water partition coefficient (Wildman–Crippen LogP) is 3.11. The molecule has 6 heteroatoms. The minimum atomic E-state index is -0.151. The van der Waals surface area contributed by atoms with Gasteiger partial charge in [0.05, 0.1) is 10.7 Å². The number of H-pyrrole nitrogens is 1. The molecule has 1 heterocycles. The van der Waals surface area contributed by atoms with Gasteiger partial charge in [-0.1, -0.05) is 31.0 Å². The summed E-state index contributed by atoms with van der Waals surface area (Å²) in [5.74, 6) is 0. The minimum absolute atomic E-state index is 0.151. The van der Waals surface area contributed by atoms with E-state index < -0.39 is 0 Å². The number of nitrogens with zero attached hydrogens (tertiary/aromatic N) is 1. The highest BCUT2D eigenvalue weighted by molar-refractivity contribution is 7.99. The van der Waals surface area contributed by atoms with Gasteiger partial charge in [-0.25, -0.2) is 4.98 Å². The van der Waals surface area contributed by atoms with Gasteiger partial charge in [0.25, 0.3) is 5.56 Å². The molecule has 0 bridgehead atoms. The number of rotatable bonds is 4. The van der Waals surface area contributed by atoms with Crippen molar-refractivity contribution in [2.24, 2.45) is 0 Å². The van der Waals surface area contributed by atoms with Crippen molar-refractivity contribution < 1.29 is 0 Å². The lowest BCUT2D eigenvalue weighted by atomic mass is 10.2. The van der Waals surface area contributed by atoms with Gasteiger partial charge in [-0.05, 0) is 30.3 Å². The fraction of sp³-hybridized carbons (Fsp3) is 0.231. The molecule has 100 valence electrons. The molecule has 0 unspecified atom stereocenters. The van der Waals surface area contributed by atoms with Gasteiger partial charge in [0.1, 0.15) is 0 Å². The largest absolute Gasteiger partial charge is 0.397 e. The molecule has 0 saturated heterocycles. The van der Waals surface area contributed by atoms with E-state index in [0.29, 0.717) is 15.9 Å². The van der Waals surface area contributed by atoms with Crippen molar-refractivity contribution in [2.75, 3.05) is 5.73 Å². The standard InChI is InChI=1S/C13H14ClN3OS/c1-2-4-8-7-11(18)17-13(16-8)19-10-6-3-5-9(14)12(10)15/h3,5-7H,2,4,15H2,1H3,(H,16,17,18). The highest BCUT2D eigenvalue weighted by atomic mass is 35.5. The summed E-state index contributed by atoms with van der Waals surface area (Å²) < 4.78 is 0. The summed E-state index contributed by atoms with van der Waals surface area (Å²) in [5, 5.41) is 1.03. The van der Waals surface area contributed by atoms with E-state index in [9.17, 15) is 4.79 Å². The summed E-state index contributed by atoms with van der Waals surface area (Å²) in [4.78, 5) is 19.4. The number of halogens is 1. The van der Waals surface area contributed by atoms with E-state index in [4.69, 9.17) is 17.3 Å². The number of nitrogens with two attached hydrogens (primary N) is 1. The quantitative estimate of drug-likeness (QED) is 0.671. The van der Waals surface area contributed by atoms with Gasteiger partial charge >= 0.3 is 0 Å². The lowest BCUT2D eigenvalue weighted by Crippen LogP contribution is -2.09. The molecule has 0 aliphatic carbocycles. The number of nitrogen functional groups attached to an aromatic ring is 1. The lowest BCUT2D eigenvalue weighted by Gasteiger charge is -2.07. The number of para-hydroxylation sites is 1. The average Bonchev–Trinajstić information content (AvgIpc) is 2.35. The topological polar surface area (TPSA) is 71.8 Å². The summed E-state index contributed by atoms with van der Waals surface area (Å²) in [6, 6.07) is 6.91. The minimum Gasteiger partial charge on any atom is -0.397 e. The molecule has 2 aromatic rings. The molecule has 3 N–H and O–H groups in total. The maximum absolute atomic E-state index is 11.6. The number of aromatic amines is 1. The van der Waals surface area contributed by atoms with Crippen molar-refractivity contribution in [3.05, 3.63) is 45.3 Å². The zero-order chi connectivity index (χ0) is 13.8. The molecule has 0 fully saturated rings. The normalized spacial score (nSPS) is 10.6. The summed E-state index contributed by atoms with van der Waals surface area (Å²) in [6.45, 7) is 2.05. The van der Waals surface area contributed by atoms with Crippen LogP contribution in [0.15, 0.2) is 39.1 Å². The summed E-state index contributed by atoms with van der Waals surface area (Å²) in [5.41, 5.74) is 7.03. The molecule has 0 aliphatic heterocycles. The zero-order valence-electron chi connectivity index (χ0n) is 10.4. The smallest absolute Gasteiger partial charge is 0.251 e. The highest BCUT2D eigenvalue weighted by Crippen LogP contribution is 2.33. The Morgan fingerprint density at radius 3 is 3.00 bits per heavy atom. The average molecular weight is 296 g/mol. The maximum atomic E-state index is 11.6. The number of hydrogen-bond acceptors (Lipinski definition) is 4. The second-order valence-corrected chi connectivity index (χ2v) is 5.48. The van der Waals surface area contributed by atoms with Crippen LogP contribution in [0.5, 0.6) is 0 Å². The van der Waals surface area contributed by atoms with Gasteiger partial charge in [-0.3, -0.25) is 4.79 Å². The Morgan fingerprint density at radius 1 is 1.47 bits per heavy atom. The van der Waals surface area contributed by atoms with Gasteiger partial charge < -0.3 is 10.7 Å². The van der Waals surface area contributed by atoms with Crippen LogP contribution in [0.25, 0.3) is 0 Å². The Kier molecular flexibility index (Phi) is 4.50. The van der Waals surface area contributed by atoms with Crippen molar-refractivity contribution >= 4 is 29.1 Å². The maximum Gasteiger partial charge on any atom is 0.251 e. The molecule has 0 spiro atoms. The van der Waals surface area contributed by atoms with E-state index in [1.54, 1.807) is 6.07 Å². The van der Waals surface area contributed by atoms with E-state index in [-0.39, 0.29) is 5.56 Å². The molecular formula is C13H14ClN3OS. The molecule has 0 radical (unpaired) electrons. The first-order valence-corrected chi connectivity index (χ1v) is 7.11. The fourth-order valence-electron chi connectivity index (χ4n) is 1.63. The molecule has 2 rings (SSSR count). The van der Waals surface area contributed by atoms with Gasteiger partial charge in [0.2, 0.25) is 0 Å². The van der Waals surface area contributed by atoms with E-state index in [1.807, 2.05) is 19.1 Å². The summed E-state index contributed by atoms with van der Waals surface area (Å²) in [7, 11) is 0. The van der Waals surface area contributed by atoms with Crippen molar-refractivity contribution in [3.63, 3.8) is 0 Å². The Morgan fingerprint density at radius 2 is 2.26 bits per heavy atom. The SMILES string of the molecule is CCCc1cc(=O)[nH]c(Sc2cccc(Cl)c2N)n1. The van der Waals surface area contributed by atoms with Crippen LogP contribution in [-0.2, 0) is 6.42 Å². The first-order valence-electron chi connectivity index (χ1n) is 5.92. The molecule has 0 amide bonds. The van der Waals surface area contributed by atoms with Gasteiger partial charge in [0.15, 0.2) is 5.16 Å². The third-order valence-corrected chi connectivity index (χ3v) is 3.79. The van der Waals surface area contributed by atoms with Crippen LogP contribution in [0.3, 0.4) is 0 Å². The third-order valence-electron chi connectivity index (χ3n) is 2.50. The molecule has 4 nitrogen and oxygen atoms in total. The zero-order valence-corrected chi connectivity index (χ0v) is 12.0. The Hall–Kier alpha value is -1.46. The monoisotopic (exact) mass is 295 g/mol. The van der Waals surface area contributed by atoms with Gasteiger partial charge in [-0.15, -0.1) is 0 Å². The molecule has 1 aromatic heterocycles. The second kappa shape index (κ2) is 6.12. The molecule has 0 atom stereocenters. The number of hydrogen-bond donors (Lipinski definition) is 2. The van der Waals surface area contributed by atoms with E-state index in [0.717, 1.165) is 23.4 Å². The second-order valence-electron chi connectivity index (χ2n) is 4.05. The highest BCUT2D eigenvalue weighted by Gasteiger charge is 2.08. The van der Waals surface area contributed by atoms with E-state index in [1.165, 1.54) is 17.8 Å². The van der Waals surface area contributed by atoms with Crippen LogP contribution >= 0.6 is 23.4 Å². The van der Waals surface area contributed by atoms with Crippen LogP contribution < -0.4 is 11.3 Å². The summed E-state index contributed by atoms with van der Waals surface area (Å²) in [6.07, 6.45) is 1.72. The number of benzene rings is 1. The Bertz CT molecular complexity index is 642. The van der Waals surface area contributed by atoms with E-state index in [2.05, 4.69) is 9.97 Å². The van der Waals surface area contributed by atoms with Crippen LogP contribution in [-0.4, -0.2) is 9.97 Å². The molecule has 1 aromatic carbocycles. The lowest BCUT2D eigenvalue weighted by molar-refractivity contribution is 0.816. The first-order chi connectivity index (χ1) is 9.10. The molecular weight excluding hydrogens is 282 g/mol. The number of nitrogens with one attached hydrogen (secondary N) is 1. The summed E-state index contributed by atoms with van der Waals surface area (Å²) >= 11 is 7.27. The third kappa shape index (κ3) is 3.52. The molecule has 0 aliphatic rings. The van der Waals surface area contributed by atoms with Crippen LogP contribution in [0.2, 0.25) is 5.02 Å². The van der Waals surface area contributed by atoms with Crippen molar-refractivity contribution in [2.45, 2.75) is 29.8 Å². The number of aromatic nitrogens is 2. The Balaban J connectivity index is 2.32. The van der Waals surface area contributed by atoms with Gasteiger partial charge in [-0.2, -0.15) is 0 Å². The molecule has 19 heavy (non-hydrogen) atoms. The first kappa shape index (κ1) is 14.0. The molecule has 0 saturated carbocycles. The number of anilines is 1. The Labute approximate surface area is 120 Å². The predicted molar refractivity (Wildman–Crippen MR) is 78.8 cm³/mol. The van der Waals surface area contributed by atoms with E-state index >= 15 is 0 Å². The van der Waals surface area contributed by atoms with Crippen LogP contribution in [0, 0.1) is 0 Å². The fourth-order valence-corrected chi connectivity index (χ4v) is 2.75.